The van der Waals surface area contributed by atoms with Crippen LogP contribution in [0.1, 0.15) is 41.5 Å². The first kappa shape index (κ1) is 18.1. The molecule has 0 saturated carbocycles. The van der Waals surface area contributed by atoms with E-state index in [9.17, 15) is 4.79 Å². The predicted octanol–water partition coefficient (Wildman–Crippen LogP) is 4.05. The van der Waals surface area contributed by atoms with Crippen molar-refractivity contribution in [2.75, 3.05) is 6.54 Å². The third-order valence-electron chi connectivity index (χ3n) is 3.45. The van der Waals surface area contributed by atoms with Crippen LogP contribution in [0.3, 0.4) is 0 Å². The van der Waals surface area contributed by atoms with Crippen molar-refractivity contribution in [3.8, 4) is 0 Å². The normalized spacial score (nSPS) is 21.0. The van der Waals surface area contributed by atoms with Crippen LogP contribution in [0.5, 0.6) is 0 Å². The molecule has 1 fully saturated rings. The van der Waals surface area contributed by atoms with Gasteiger partial charge in [0, 0.05) is 11.1 Å². The van der Waals surface area contributed by atoms with E-state index in [1.54, 1.807) is 0 Å². The summed E-state index contributed by atoms with van der Waals surface area (Å²) in [5.74, 6) is 0.726. The molecule has 1 aliphatic rings. The van der Waals surface area contributed by atoms with Gasteiger partial charge in [-0.25, -0.2) is 4.79 Å². The van der Waals surface area contributed by atoms with Gasteiger partial charge in [-0.2, -0.15) is 0 Å². The fourth-order valence-corrected chi connectivity index (χ4v) is 3.54. The average Bonchev–Trinajstić information content (AvgIpc) is 2.51. The van der Waals surface area contributed by atoms with E-state index in [1.807, 2.05) is 9.80 Å². The monoisotopic (exact) mass is 312 g/mol. The summed E-state index contributed by atoms with van der Waals surface area (Å²) in [6.07, 6.45) is 0. The Balaban J connectivity index is 3.11. The molecule has 0 aromatic rings. The van der Waals surface area contributed by atoms with Crippen LogP contribution in [-0.2, 0) is 4.43 Å². The summed E-state index contributed by atoms with van der Waals surface area (Å²) < 4.78 is 6.08. The Labute approximate surface area is 131 Å². The molecule has 1 atom stereocenters. The Morgan fingerprint density at radius 1 is 1.14 bits per heavy atom. The molecule has 5 heteroatoms. The number of carbonyl (C=O) groups excluding carboxylic acids is 1. The summed E-state index contributed by atoms with van der Waals surface area (Å²) in [7, 11) is -1.72. The zero-order chi connectivity index (χ0) is 16.8. The third-order valence-corrected chi connectivity index (χ3v) is 4.32. The van der Waals surface area contributed by atoms with Crippen molar-refractivity contribution in [1.82, 2.24) is 9.80 Å². The minimum atomic E-state index is -1.72. The number of amides is 2. The Kier molecular flexibility index (Phi) is 4.60. The smallest absolute Gasteiger partial charge is 0.321 e. The highest BCUT2D eigenvalue weighted by Gasteiger charge is 2.48. The molecule has 1 heterocycles. The van der Waals surface area contributed by atoms with E-state index in [1.165, 1.54) is 0 Å². The molecule has 0 radical (unpaired) electrons. The van der Waals surface area contributed by atoms with E-state index in [4.69, 9.17) is 4.43 Å². The molecule has 21 heavy (non-hydrogen) atoms. The molecule has 1 unspecified atom stereocenters. The summed E-state index contributed by atoms with van der Waals surface area (Å²) in [6, 6.07) is -0.0104. The summed E-state index contributed by atoms with van der Waals surface area (Å²) in [5.41, 5.74) is -0.456. The first-order valence-electron chi connectivity index (χ1n) is 7.63. The van der Waals surface area contributed by atoms with Crippen molar-refractivity contribution in [3.63, 3.8) is 0 Å². The van der Waals surface area contributed by atoms with Crippen molar-refractivity contribution in [2.45, 2.75) is 78.3 Å². The highest BCUT2D eigenvalue weighted by Crippen LogP contribution is 2.34. The summed E-state index contributed by atoms with van der Waals surface area (Å²) in [6.45, 7) is 23.6. The van der Waals surface area contributed by atoms with Gasteiger partial charge in [0.15, 0.2) is 0 Å². The van der Waals surface area contributed by atoms with Crippen molar-refractivity contribution in [2.24, 2.45) is 0 Å². The van der Waals surface area contributed by atoms with Crippen molar-refractivity contribution < 1.29 is 9.22 Å². The molecule has 0 aliphatic carbocycles. The second-order valence-electron chi connectivity index (χ2n) is 8.80. The van der Waals surface area contributed by atoms with Gasteiger partial charge in [-0.3, -0.25) is 0 Å². The Morgan fingerprint density at radius 3 is 1.95 bits per heavy atom. The zero-order valence-electron chi connectivity index (χ0n) is 15.2. The Morgan fingerprint density at radius 2 is 1.62 bits per heavy atom. The van der Waals surface area contributed by atoms with Crippen molar-refractivity contribution in [3.05, 3.63) is 12.3 Å². The van der Waals surface area contributed by atoms with Crippen LogP contribution < -0.4 is 0 Å². The second-order valence-corrected chi connectivity index (χ2v) is 13.2. The van der Waals surface area contributed by atoms with Crippen molar-refractivity contribution in [1.29, 1.82) is 0 Å². The van der Waals surface area contributed by atoms with Crippen LogP contribution in [0.4, 0.5) is 4.79 Å². The fourth-order valence-electron chi connectivity index (χ4n) is 2.62. The van der Waals surface area contributed by atoms with Crippen LogP contribution >= 0.6 is 0 Å². The van der Waals surface area contributed by atoms with Crippen LogP contribution in [0, 0.1) is 0 Å². The van der Waals surface area contributed by atoms with E-state index in [2.05, 4.69) is 67.8 Å². The predicted molar refractivity (Wildman–Crippen MR) is 90.8 cm³/mol. The molecule has 122 valence electrons. The molecule has 0 spiro atoms. The highest BCUT2D eigenvalue weighted by atomic mass is 28.4. The summed E-state index contributed by atoms with van der Waals surface area (Å²) in [4.78, 5) is 16.7. The van der Waals surface area contributed by atoms with Gasteiger partial charge >= 0.3 is 6.03 Å². The number of hydrogen-bond acceptors (Lipinski definition) is 2. The summed E-state index contributed by atoms with van der Waals surface area (Å²) >= 11 is 0. The van der Waals surface area contributed by atoms with Gasteiger partial charge in [0.05, 0.1) is 12.3 Å². The van der Waals surface area contributed by atoms with Gasteiger partial charge < -0.3 is 14.2 Å². The van der Waals surface area contributed by atoms with Gasteiger partial charge in [0.2, 0.25) is 8.32 Å². The molecule has 1 rings (SSSR count). The first-order valence-corrected chi connectivity index (χ1v) is 11.0. The maximum atomic E-state index is 12.8. The Bertz CT molecular complexity index is 427. The number of carbonyl (C=O) groups is 1. The molecular weight excluding hydrogens is 280 g/mol. The SMILES string of the molecule is C=C(O[Si](C)(C)C)C1CN(C(C)(C)C)C(=O)N1C(C)(C)C. The van der Waals surface area contributed by atoms with Crippen LogP contribution in [0.25, 0.3) is 0 Å². The lowest BCUT2D eigenvalue weighted by molar-refractivity contribution is 0.122. The minimum absolute atomic E-state index is 0.0697. The van der Waals surface area contributed by atoms with E-state index in [-0.39, 0.29) is 23.2 Å². The fraction of sp³-hybridized carbons (Fsp3) is 0.812. The number of nitrogens with zero attached hydrogens (tertiary/aromatic N) is 2. The molecule has 0 bridgehead atoms. The molecule has 1 saturated heterocycles. The lowest BCUT2D eigenvalue weighted by Gasteiger charge is -2.38. The topological polar surface area (TPSA) is 32.8 Å². The largest absolute Gasteiger partial charge is 0.546 e. The lowest BCUT2D eigenvalue weighted by Crippen LogP contribution is -2.51. The van der Waals surface area contributed by atoms with E-state index in [0.29, 0.717) is 6.54 Å². The van der Waals surface area contributed by atoms with Crippen LogP contribution in [-0.4, -0.2) is 47.8 Å². The van der Waals surface area contributed by atoms with Crippen LogP contribution in [0.15, 0.2) is 12.3 Å². The molecule has 0 aromatic carbocycles. The van der Waals surface area contributed by atoms with Gasteiger partial charge in [0.1, 0.15) is 6.04 Å². The van der Waals surface area contributed by atoms with Gasteiger partial charge in [-0.15, -0.1) is 0 Å². The minimum Gasteiger partial charge on any atom is -0.546 e. The lowest BCUT2D eigenvalue weighted by atomic mass is 10.0. The van der Waals surface area contributed by atoms with E-state index < -0.39 is 8.32 Å². The Hall–Kier alpha value is -0.973. The maximum absolute atomic E-state index is 12.8. The average molecular weight is 313 g/mol. The second kappa shape index (κ2) is 5.34. The maximum Gasteiger partial charge on any atom is 0.321 e. The van der Waals surface area contributed by atoms with Gasteiger partial charge in [-0.05, 0) is 61.2 Å². The molecule has 0 aromatic heterocycles. The molecular formula is C16H32N2O2Si. The summed E-state index contributed by atoms with van der Waals surface area (Å²) in [5, 5.41) is 0. The highest BCUT2D eigenvalue weighted by molar-refractivity contribution is 6.70. The number of hydrogen-bond donors (Lipinski definition) is 0. The quantitative estimate of drug-likeness (QED) is 0.581. The molecule has 2 amide bonds. The third kappa shape index (κ3) is 4.25. The molecule has 1 aliphatic heterocycles. The van der Waals surface area contributed by atoms with Crippen molar-refractivity contribution >= 4 is 14.3 Å². The van der Waals surface area contributed by atoms with E-state index in [0.717, 1.165) is 5.76 Å². The van der Waals surface area contributed by atoms with Gasteiger partial charge in [-0.1, -0.05) is 6.58 Å². The molecule has 4 nitrogen and oxygen atoms in total. The first-order chi connectivity index (χ1) is 9.14. The van der Waals surface area contributed by atoms with Gasteiger partial charge in [0.25, 0.3) is 0 Å². The zero-order valence-corrected chi connectivity index (χ0v) is 16.2. The van der Waals surface area contributed by atoms with E-state index >= 15 is 0 Å². The van der Waals surface area contributed by atoms with Crippen LogP contribution in [0.2, 0.25) is 19.6 Å². The molecule has 0 N–H and O–H groups in total. The number of rotatable bonds is 3. The number of urea groups is 1. The standard InChI is InChI=1S/C16H32N2O2Si/c1-12(20-21(8,9)10)13-11-17(15(2,3)4)14(19)18(13)16(5,6)7/h13H,1,11H2,2-10H3.